The van der Waals surface area contributed by atoms with Crippen molar-refractivity contribution >= 4 is 74.9 Å². The molecule has 3 aromatic carbocycles. The summed E-state index contributed by atoms with van der Waals surface area (Å²) in [6.07, 6.45) is 0. The van der Waals surface area contributed by atoms with Crippen molar-refractivity contribution < 1.29 is 19.5 Å². The zero-order valence-electron chi connectivity index (χ0n) is 18.3. The van der Waals surface area contributed by atoms with Crippen LogP contribution in [0.2, 0.25) is 10.0 Å². The van der Waals surface area contributed by atoms with E-state index < -0.39 is 11.9 Å². The second-order valence-electron chi connectivity index (χ2n) is 7.33. The maximum atomic E-state index is 12.6. The van der Waals surface area contributed by atoms with E-state index in [-0.39, 0.29) is 22.8 Å². The lowest BCUT2D eigenvalue weighted by Crippen LogP contribution is -2.16. The van der Waals surface area contributed by atoms with Crippen molar-refractivity contribution in [1.29, 1.82) is 0 Å². The topological polar surface area (TPSA) is 108 Å². The fourth-order valence-electron chi connectivity index (χ4n) is 3.19. The number of anilines is 2. The Morgan fingerprint density at radius 3 is 2.47 bits per heavy atom. The van der Waals surface area contributed by atoms with Gasteiger partial charge < -0.3 is 15.7 Å². The molecule has 0 saturated heterocycles. The Hall–Kier alpha value is -3.37. The molecule has 0 fully saturated rings. The Labute approximate surface area is 224 Å². The minimum absolute atomic E-state index is 0.0603. The van der Waals surface area contributed by atoms with Crippen molar-refractivity contribution in [3.63, 3.8) is 0 Å². The van der Waals surface area contributed by atoms with Gasteiger partial charge in [-0.3, -0.25) is 9.59 Å². The van der Waals surface area contributed by atoms with Crippen LogP contribution in [0.4, 0.5) is 10.8 Å². The molecule has 2 amide bonds. The molecule has 0 aliphatic rings. The number of amides is 2. The Bertz CT molecular complexity index is 1460. The zero-order chi connectivity index (χ0) is 25.7. The molecule has 0 atom stereocenters. The van der Waals surface area contributed by atoms with Gasteiger partial charge in [0.05, 0.1) is 27.6 Å². The van der Waals surface area contributed by atoms with Crippen molar-refractivity contribution in [2.24, 2.45) is 0 Å². The summed E-state index contributed by atoms with van der Waals surface area (Å²) in [5.41, 5.74) is 1.82. The Morgan fingerprint density at radius 1 is 0.944 bits per heavy atom. The fraction of sp³-hybridized carbons (Fsp3) is 0.0400. The Kier molecular flexibility index (Phi) is 8.27. The summed E-state index contributed by atoms with van der Waals surface area (Å²) in [6.45, 7) is 0. The zero-order valence-corrected chi connectivity index (χ0v) is 21.5. The SMILES string of the molecule is O=C(CSc1cccc(NC(=O)c2ccccc2C(=O)O)c1)Nc1nc(-c2ccc(Cl)cc2Cl)cs1. The molecule has 0 radical (unpaired) electrons. The van der Waals surface area contributed by atoms with Crippen LogP contribution in [0.15, 0.2) is 77.0 Å². The second-order valence-corrected chi connectivity index (χ2v) is 10.1. The molecule has 3 N–H and O–H groups in total. The molecule has 4 aromatic rings. The summed E-state index contributed by atoms with van der Waals surface area (Å²) in [7, 11) is 0. The number of halogens is 2. The van der Waals surface area contributed by atoms with Gasteiger partial charge in [-0.1, -0.05) is 41.4 Å². The fourth-order valence-corrected chi connectivity index (χ4v) is 5.17. The molecule has 36 heavy (non-hydrogen) atoms. The standard InChI is InChI=1S/C25H17Cl2N3O4S2/c26-14-8-9-19(20(27)10-14)21-12-36-25(29-21)30-22(31)13-35-16-5-3-4-15(11-16)28-23(32)17-6-1-2-7-18(17)24(33)34/h1-12H,13H2,(H,28,32)(H,33,34)(H,29,30,31). The van der Waals surface area contributed by atoms with Crippen LogP contribution in [0.3, 0.4) is 0 Å². The van der Waals surface area contributed by atoms with E-state index in [1.54, 1.807) is 53.9 Å². The first-order valence-electron chi connectivity index (χ1n) is 10.4. The molecule has 1 aromatic heterocycles. The molecule has 0 unspecified atom stereocenters. The number of hydrogen-bond donors (Lipinski definition) is 3. The summed E-state index contributed by atoms with van der Waals surface area (Å²) in [6, 6.07) is 18.0. The van der Waals surface area contributed by atoms with E-state index in [9.17, 15) is 19.5 Å². The van der Waals surface area contributed by atoms with Crippen LogP contribution in [0, 0.1) is 0 Å². The minimum Gasteiger partial charge on any atom is -0.478 e. The van der Waals surface area contributed by atoms with Gasteiger partial charge in [0, 0.05) is 26.5 Å². The van der Waals surface area contributed by atoms with Gasteiger partial charge in [0.1, 0.15) is 0 Å². The van der Waals surface area contributed by atoms with Crippen LogP contribution in [-0.2, 0) is 4.79 Å². The molecule has 4 rings (SSSR count). The number of thioether (sulfide) groups is 1. The van der Waals surface area contributed by atoms with Crippen molar-refractivity contribution in [2.45, 2.75) is 4.90 Å². The van der Waals surface area contributed by atoms with Gasteiger partial charge in [-0.15, -0.1) is 23.1 Å². The predicted molar refractivity (Wildman–Crippen MR) is 145 cm³/mol. The molecule has 0 spiro atoms. The van der Waals surface area contributed by atoms with Crippen molar-refractivity contribution in [1.82, 2.24) is 4.98 Å². The first kappa shape index (κ1) is 25.7. The Morgan fingerprint density at radius 2 is 1.72 bits per heavy atom. The van der Waals surface area contributed by atoms with Crippen LogP contribution in [-0.4, -0.2) is 33.6 Å². The van der Waals surface area contributed by atoms with Gasteiger partial charge in [0.15, 0.2) is 5.13 Å². The molecular weight excluding hydrogens is 541 g/mol. The van der Waals surface area contributed by atoms with Crippen molar-refractivity contribution in [3.05, 3.63) is 93.3 Å². The van der Waals surface area contributed by atoms with Crippen molar-refractivity contribution in [2.75, 3.05) is 16.4 Å². The van der Waals surface area contributed by atoms with Gasteiger partial charge in [-0.05, 0) is 48.5 Å². The van der Waals surface area contributed by atoms with E-state index in [1.165, 1.54) is 35.2 Å². The van der Waals surface area contributed by atoms with Gasteiger partial charge in [-0.2, -0.15) is 0 Å². The van der Waals surface area contributed by atoms with Gasteiger partial charge in [-0.25, -0.2) is 9.78 Å². The molecule has 182 valence electrons. The molecule has 0 saturated carbocycles. The highest BCUT2D eigenvalue weighted by Gasteiger charge is 2.16. The van der Waals surface area contributed by atoms with E-state index >= 15 is 0 Å². The third-order valence-corrected chi connectivity index (χ3v) is 7.12. The summed E-state index contributed by atoms with van der Waals surface area (Å²) in [5, 5.41) is 18.0. The molecule has 7 nitrogen and oxygen atoms in total. The third kappa shape index (κ3) is 6.44. The molecule has 0 aliphatic carbocycles. The van der Waals surface area contributed by atoms with Gasteiger partial charge in [0.25, 0.3) is 5.91 Å². The smallest absolute Gasteiger partial charge is 0.336 e. The van der Waals surface area contributed by atoms with E-state index in [0.29, 0.717) is 26.6 Å². The van der Waals surface area contributed by atoms with E-state index in [2.05, 4.69) is 15.6 Å². The number of carbonyl (C=O) groups excluding carboxylic acids is 2. The number of aromatic nitrogens is 1. The average Bonchev–Trinajstić information content (AvgIpc) is 3.31. The number of nitrogens with zero attached hydrogens (tertiary/aromatic N) is 1. The monoisotopic (exact) mass is 557 g/mol. The number of rotatable bonds is 8. The highest BCUT2D eigenvalue weighted by molar-refractivity contribution is 8.00. The number of aromatic carboxylic acids is 1. The van der Waals surface area contributed by atoms with Gasteiger partial charge in [0.2, 0.25) is 5.91 Å². The normalized spacial score (nSPS) is 10.6. The second kappa shape index (κ2) is 11.6. The summed E-state index contributed by atoms with van der Waals surface area (Å²) in [4.78, 5) is 41.6. The van der Waals surface area contributed by atoms with Crippen LogP contribution < -0.4 is 10.6 Å². The third-order valence-electron chi connectivity index (χ3n) is 4.82. The van der Waals surface area contributed by atoms with Crippen LogP contribution in [0.25, 0.3) is 11.3 Å². The predicted octanol–water partition coefficient (Wildman–Crippen LogP) is 6.80. The number of thiazole rings is 1. The molecule has 1 heterocycles. The number of carbonyl (C=O) groups is 3. The Balaban J connectivity index is 1.35. The first-order chi connectivity index (χ1) is 17.3. The molecular formula is C25H17Cl2N3O4S2. The maximum Gasteiger partial charge on any atom is 0.336 e. The van der Waals surface area contributed by atoms with Crippen LogP contribution >= 0.6 is 46.3 Å². The number of benzene rings is 3. The van der Waals surface area contributed by atoms with Crippen LogP contribution in [0.5, 0.6) is 0 Å². The average molecular weight is 558 g/mol. The van der Waals surface area contributed by atoms with Crippen LogP contribution in [0.1, 0.15) is 20.7 Å². The lowest BCUT2D eigenvalue weighted by molar-refractivity contribution is -0.113. The van der Waals surface area contributed by atoms with E-state index in [0.717, 1.165) is 10.5 Å². The maximum absolute atomic E-state index is 12.6. The number of hydrogen-bond acceptors (Lipinski definition) is 6. The van der Waals surface area contributed by atoms with Gasteiger partial charge >= 0.3 is 5.97 Å². The number of carboxylic acids is 1. The van der Waals surface area contributed by atoms with E-state index in [4.69, 9.17) is 23.2 Å². The highest BCUT2D eigenvalue weighted by atomic mass is 35.5. The molecule has 0 aliphatic heterocycles. The summed E-state index contributed by atoms with van der Waals surface area (Å²) in [5.74, 6) is -1.84. The quantitative estimate of drug-likeness (QED) is 0.205. The number of nitrogens with one attached hydrogen (secondary N) is 2. The molecule has 0 bridgehead atoms. The number of carboxylic acid groups (broad SMARTS) is 1. The largest absolute Gasteiger partial charge is 0.478 e. The first-order valence-corrected chi connectivity index (χ1v) is 13.0. The lowest BCUT2D eigenvalue weighted by atomic mass is 10.1. The minimum atomic E-state index is -1.18. The molecule has 11 heteroatoms. The lowest BCUT2D eigenvalue weighted by Gasteiger charge is -2.09. The highest BCUT2D eigenvalue weighted by Crippen LogP contribution is 2.32. The summed E-state index contributed by atoms with van der Waals surface area (Å²) < 4.78 is 0. The summed E-state index contributed by atoms with van der Waals surface area (Å²) >= 11 is 14.7. The van der Waals surface area contributed by atoms with E-state index in [1.807, 2.05) is 6.07 Å². The van der Waals surface area contributed by atoms with Crippen molar-refractivity contribution in [3.8, 4) is 11.3 Å².